The van der Waals surface area contributed by atoms with Gasteiger partial charge in [-0.3, -0.25) is 9.59 Å². The van der Waals surface area contributed by atoms with Crippen LogP contribution >= 0.6 is 31.9 Å². The van der Waals surface area contributed by atoms with Gasteiger partial charge in [-0.2, -0.15) is 0 Å². The van der Waals surface area contributed by atoms with Crippen LogP contribution in [0.4, 0.5) is 0 Å². The lowest BCUT2D eigenvalue weighted by molar-refractivity contribution is -0.143. The lowest BCUT2D eigenvalue weighted by Gasteiger charge is -2.33. The third-order valence-corrected chi connectivity index (χ3v) is 8.61. The van der Waals surface area contributed by atoms with E-state index < -0.39 is 6.04 Å². The monoisotopic (exact) mass is 668 g/mol. The van der Waals surface area contributed by atoms with Crippen LogP contribution in [0.3, 0.4) is 0 Å². The molecule has 1 aliphatic rings. The van der Waals surface area contributed by atoms with E-state index in [4.69, 9.17) is 4.74 Å². The van der Waals surface area contributed by atoms with Crippen molar-refractivity contribution < 1.29 is 14.3 Å². The van der Waals surface area contributed by atoms with Crippen molar-refractivity contribution in [1.29, 1.82) is 0 Å². The van der Waals surface area contributed by atoms with Gasteiger partial charge in [0, 0.05) is 23.5 Å². The first-order valence-electron chi connectivity index (χ1n) is 14.1. The van der Waals surface area contributed by atoms with Gasteiger partial charge >= 0.3 is 0 Å². The molecule has 0 bridgehead atoms. The van der Waals surface area contributed by atoms with Crippen LogP contribution in [-0.4, -0.2) is 35.4 Å². The van der Waals surface area contributed by atoms with Crippen LogP contribution in [0.2, 0.25) is 0 Å². The maximum atomic E-state index is 13.9. The molecule has 3 aromatic rings. The Hall–Kier alpha value is -2.64. The molecule has 0 spiro atoms. The topological polar surface area (TPSA) is 58.6 Å². The average Bonchev–Trinajstić information content (AvgIpc) is 2.96. The standard InChI is InChI=1S/C33H38Br2N2O3/c1-23(2)26-15-18-31(29(35)20-26)40-22-32(38)37(21-25-13-16-27(34)17-14-25)30(19-24-9-5-3-6-10-24)33(39)36-28-11-7-4-8-12-28/h3,5-6,9-10,13-18,20,23,28,30H,4,7-8,11-12,19,21-22H2,1-2H3,(H,36,39). The molecule has 5 nitrogen and oxygen atoms in total. The zero-order valence-electron chi connectivity index (χ0n) is 23.2. The van der Waals surface area contributed by atoms with Gasteiger partial charge in [0.25, 0.3) is 5.91 Å². The number of amides is 2. The van der Waals surface area contributed by atoms with Crippen molar-refractivity contribution in [3.8, 4) is 5.75 Å². The van der Waals surface area contributed by atoms with E-state index in [1.165, 1.54) is 12.0 Å². The number of ether oxygens (including phenoxy) is 1. The largest absolute Gasteiger partial charge is 0.483 e. The summed E-state index contributed by atoms with van der Waals surface area (Å²) < 4.78 is 7.79. The SMILES string of the molecule is CC(C)c1ccc(OCC(=O)N(Cc2ccc(Br)cc2)C(Cc2ccccc2)C(=O)NC2CCCCC2)c(Br)c1. The van der Waals surface area contributed by atoms with Crippen molar-refractivity contribution in [2.24, 2.45) is 0 Å². The van der Waals surface area contributed by atoms with Crippen LogP contribution in [0, 0.1) is 0 Å². The number of nitrogens with zero attached hydrogens (tertiary/aromatic N) is 1. The van der Waals surface area contributed by atoms with Crippen molar-refractivity contribution in [2.75, 3.05) is 6.61 Å². The van der Waals surface area contributed by atoms with Crippen molar-refractivity contribution in [3.63, 3.8) is 0 Å². The highest BCUT2D eigenvalue weighted by molar-refractivity contribution is 9.10. The molecule has 4 rings (SSSR count). The number of carbonyl (C=O) groups excluding carboxylic acids is 2. The van der Waals surface area contributed by atoms with Gasteiger partial charge < -0.3 is 15.0 Å². The number of hydrogen-bond acceptors (Lipinski definition) is 3. The number of nitrogens with one attached hydrogen (secondary N) is 1. The van der Waals surface area contributed by atoms with Crippen molar-refractivity contribution in [2.45, 2.75) is 76.9 Å². The van der Waals surface area contributed by atoms with Gasteiger partial charge in [-0.05, 0) is 75.6 Å². The molecule has 1 fully saturated rings. The normalized spacial score (nSPS) is 14.5. The lowest BCUT2D eigenvalue weighted by atomic mass is 9.94. The summed E-state index contributed by atoms with van der Waals surface area (Å²) in [5, 5.41) is 3.28. The van der Waals surface area contributed by atoms with E-state index in [0.29, 0.717) is 24.6 Å². The fourth-order valence-corrected chi connectivity index (χ4v) is 5.88. The molecule has 0 heterocycles. The summed E-state index contributed by atoms with van der Waals surface area (Å²) in [6.45, 7) is 4.41. The van der Waals surface area contributed by atoms with Crippen LogP contribution in [0.5, 0.6) is 5.75 Å². The first kappa shape index (κ1) is 30.3. The second kappa shape index (κ2) is 14.8. The van der Waals surface area contributed by atoms with Crippen molar-refractivity contribution in [1.82, 2.24) is 10.2 Å². The first-order chi connectivity index (χ1) is 19.3. The Balaban J connectivity index is 1.60. The summed E-state index contributed by atoms with van der Waals surface area (Å²) in [4.78, 5) is 29.5. The maximum Gasteiger partial charge on any atom is 0.261 e. The summed E-state index contributed by atoms with van der Waals surface area (Å²) in [7, 11) is 0. The Kier molecular flexibility index (Phi) is 11.2. The highest BCUT2D eigenvalue weighted by Crippen LogP contribution is 2.29. The molecule has 0 aliphatic heterocycles. The van der Waals surface area contributed by atoms with E-state index in [1.54, 1.807) is 4.90 Å². The molecule has 0 aromatic heterocycles. The van der Waals surface area contributed by atoms with Crippen LogP contribution in [0.25, 0.3) is 0 Å². The minimum absolute atomic E-state index is 0.108. The summed E-state index contributed by atoms with van der Waals surface area (Å²) in [6.07, 6.45) is 5.83. The molecule has 1 aliphatic carbocycles. The molecular formula is C33H38Br2N2O3. The minimum Gasteiger partial charge on any atom is -0.483 e. The van der Waals surface area contributed by atoms with Gasteiger partial charge in [0.05, 0.1) is 4.47 Å². The van der Waals surface area contributed by atoms with Gasteiger partial charge in [0.1, 0.15) is 11.8 Å². The number of rotatable bonds is 11. The summed E-state index contributed by atoms with van der Waals surface area (Å²) in [5.74, 6) is 0.647. The van der Waals surface area contributed by atoms with E-state index in [-0.39, 0.29) is 24.5 Å². The number of benzene rings is 3. The predicted octanol–water partition coefficient (Wildman–Crippen LogP) is 7.80. The van der Waals surface area contributed by atoms with Gasteiger partial charge in [-0.1, -0.05) is 97.6 Å². The van der Waals surface area contributed by atoms with Crippen molar-refractivity contribution >= 4 is 43.7 Å². The molecule has 1 saturated carbocycles. The molecule has 1 N–H and O–H groups in total. The van der Waals surface area contributed by atoms with E-state index >= 15 is 0 Å². The summed E-state index contributed by atoms with van der Waals surface area (Å²) in [5.41, 5.74) is 3.14. The van der Waals surface area contributed by atoms with Gasteiger partial charge in [-0.25, -0.2) is 0 Å². The van der Waals surface area contributed by atoms with Crippen LogP contribution in [-0.2, 0) is 22.6 Å². The zero-order chi connectivity index (χ0) is 28.5. The predicted molar refractivity (Wildman–Crippen MR) is 167 cm³/mol. The average molecular weight is 670 g/mol. The van der Waals surface area contributed by atoms with Gasteiger partial charge in [0.2, 0.25) is 5.91 Å². The van der Waals surface area contributed by atoms with Crippen LogP contribution < -0.4 is 10.1 Å². The molecule has 1 unspecified atom stereocenters. The molecule has 0 saturated heterocycles. The van der Waals surface area contributed by atoms with E-state index in [2.05, 4.69) is 51.0 Å². The summed E-state index contributed by atoms with van der Waals surface area (Å²) in [6, 6.07) is 23.2. The Morgan fingerprint density at radius 1 is 0.925 bits per heavy atom. The molecule has 0 radical (unpaired) electrons. The number of halogens is 2. The molecule has 212 valence electrons. The smallest absolute Gasteiger partial charge is 0.261 e. The number of carbonyl (C=O) groups is 2. The fourth-order valence-electron chi connectivity index (χ4n) is 5.10. The molecule has 1 atom stereocenters. The highest BCUT2D eigenvalue weighted by Gasteiger charge is 2.32. The van der Waals surface area contributed by atoms with Crippen LogP contribution in [0.15, 0.2) is 81.7 Å². The van der Waals surface area contributed by atoms with E-state index in [0.717, 1.165) is 45.8 Å². The minimum atomic E-state index is -0.671. The third kappa shape index (κ3) is 8.68. The van der Waals surface area contributed by atoms with Gasteiger partial charge in [0.15, 0.2) is 6.61 Å². The third-order valence-electron chi connectivity index (χ3n) is 7.46. The Morgan fingerprint density at radius 3 is 2.27 bits per heavy atom. The quantitative estimate of drug-likeness (QED) is 0.227. The van der Waals surface area contributed by atoms with E-state index in [1.807, 2.05) is 72.8 Å². The summed E-state index contributed by atoms with van der Waals surface area (Å²) >= 11 is 7.09. The molecular weight excluding hydrogens is 632 g/mol. The molecule has 2 amide bonds. The Bertz CT molecular complexity index is 1260. The van der Waals surface area contributed by atoms with Crippen LogP contribution in [0.1, 0.15) is 68.6 Å². The zero-order valence-corrected chi connectivity index (χ0v) is 26.4. The fraction of sp³-hybridized carbons (Fsp3) is 0.394. The van der Waals surface area contributed by atoms with E-state index in [9.17, 15) is 9.59 Å². The van der Waals surface area contributed by atoms with Gasteiger partial charge in [-0.15, -0.1) is 0 Å². The Labute approximate surface area is 254 Å². The highest BCUT2D eigenvalue weighted by atomic mass is 79.9. The molecule has 3 aromatic carbocycles. The molecule has 40 heavy (non-hydrogen) atoms. The van der Waals surface area contributed by atoms with Crippen molar-refractivity contribution in [3.05, 3.63) is 98.4 Å². The second-order valence-corrected chi connectivity index (χ2v) is 12.6. The lowest BCUT2D eigenvalue weighted by Crippen LogP contribution is -2.53. The number of hydrogen-bond donors (Lipinski definition) is 1. The maximum absolute atomic E-state index is 13.9. The second-order valence-electron chi connectivity index (χ2n) is 10.8. The Morgan fingerprint density at radius 2 is 1.62 bits per heavy atom. The molecule has 7 heteroatoms. The first-order valence-corrected chi connectivity index (χ1v) is 15.7.